The smallest absolute Gasteiger partial charge is 0.337 e. The molecule has 0 bridgehead atoms. The van der Waals surface area contributed by atoms with Crippen LogP contribution in [0.5, 0.6) is 0 Å². The van der Waals surface area contributed by atoms with Crippen LogP contribution in [0.1, 0.15) is 16.8 Å². The second-order valence-electron chi connectivity index (χ2n) is 4.62. The molecular formula is C13H18N2O4. The van der Waals surface area contributed by atoms with Crippen LogP contribution in [-0.4, -0.2) is 43.5 Å². The highest BCUT2D eigenvalue weighted by molar-refractivity contribution is 5.97. The van der Waals surface area contributed by atoms with E-state index in [1.165, 1.54) is 6.07 Å². The molecule has 19 heavy (non-hydrogen) atoms. The first-order valence-electron chi connectivity index (χ1n) is 6.06. The largest absolute Gasteiger partial charge is 0.478 e. The maximum atomic E-state index is 11.0. The van der Waals surface area contributed by atoms with Crippen molar-refractivity contribution in [1.82, 2.24) is 0 Å². The number of nitrogen functional groups attached to an aromatic ring is 1. The van der Waals surface area contributed by atoms with E-state index in [1.54, 1.807) is 19.2 Å². The highest BCUT2D eigenvalue weighted by atomic mass is 16.5. The molecule has 0 spiro atoms. The van der Waals surface area contributed by atoms with Gasteiger partial charge < -0.3 is 25.6 Å². The standard InChI is InChI=1S/C13H18N2O4/c1-18-13(5-6-19-8-13)7-15-10-4-2-3-9(11(10)14)12(16)17/h2-4,15H,5-8,14H2,1H3,(H,16,17). The summed E-state index contributed by atoms with van der Waals surface area (Å²) in [7, 11) is 1.65. The first-order chi connectivity index (χ1) is 9.08. The number of anilines is 2. The second-order valence-corrected chi connectivity index (χ2v) is 4.62. The molecule has 4 N–H and O–H groups in total. The number of ether oxygens (including phenoxy) is 2. The van der Waals surface area contributed by atoms with Crippen LogP contribution < -0.4 is 11.1 Å². The summed E-state index contributed by atoms with van der Waals surface area (Å²) in [6.07, 6.45) is 0.801. The summed E-state index contributed by atoms with van der Waals surface area (Å²) in [5.74, 6) is -1.04. The number of para-hydroxylation sites is 1. The predicted molar refractivity (Wildman–Crippen MR) is 71.5 cm³/mol. The van der Waals surface area contributed by atoms with Crippen LogP contribution >= 0.6 is 0 Å². The molecule has 2 rings (SSSR count). The van der Waals surface area contributed by atoms with E-state index in [-0.39, 0.29) is 16.9 Å². The van der Waals surface area contributed by atoms with Crippen LogP contribution in [0.3, 0.4) is 0 Å². The van der Waals surface area contributed by atoms with Gasteiger partial charge in [0.25, 0.3) is 0 Å². The minimum Gasteiger partial charge on any atom is -0.478 e. The van der Waals surface area contributed by atoms with Gasteiger partial charge in [0.1, 0.15) is 5.60 Å². The summed E-state index contributed by atoms with van der Waals surface area (Å²) in [4.78, 5) is 11.0. The molecule has 1 aliphatic rings. The summed E-state index contributed by atoms with van der Waals surface area (Å²) in [6.45, 7) is 1.71. The Hall–Kier alpha value is -1.79. The van der Waals surface area contributed by atoms with E-state index < -0.39 is 5.97 Å². The van der Waals surface area contributed by atoms with E-state index in [2.05, 4.69) is 5.32 Å². The summed E-state index contributed by atoms with van der Waals surface area (Å²) < 4.78 is 10.8. The Balaban J connectivity index is 2.11. The molecule has 0 aromatic heterocycles. The third-order valence-corrected chi connectivity index (χ3v) is 3.44. The van der Waals surface area contributed by atoms with Gasteiger partial charge in [-0.25, -0.2) is 4.79 Å². The lowest BCUT2D eigenvalue weighted by Gasteiger charge is -2.26. The third-order valence-electron chi connectivity index (χ3n) is 3.44. The highest BCUT2D eigenvalue weighted by Crippen LogP contribution is 2.27. The van der Waals surface area contributed by atoms with Gasteiger partial charge in [0.15, 0.2) is 0 Å². The number of benzene rings is 1. The maximum absolute atomic E-state index is 11.0. The molecule has 1 aromatic carbocycles. The molecule has 104 valence electrons. The summed E-state index contributed by atoms with van der Waals surface area (Å²) in [6, 6.07) is 4.89. The van der Waals surface area contributed by atoms with E-state index in [4.69, 9.17) is 20.3 Å². The van der Waals surface area contributed by atoms with Crippen LogP contribution in [0.15, 0.2) is 18.2 Å². The predicted octanol–water partition coefficient (Wildman–Crippen LogP) is 1.18. The molecule has 1 unspecified atom stereocenters. The fourth-order valence-electron chi connectivity index (χ4n) is 2.12. The zero-order valence-electron chi connectivity index (χ0n) is 10.8. The van der Waals surface area contributed by atoms with Gasteiger partial charge in [0.2, 0.25) is 0 Å². The van der Waals surface area contributed by atoms with E-state index >= 15 is 0 Å². The molecule has 0 saturated carbocycles. The molecule has 0 amide bonds. The second kappa shape index (κ2) is 5.46. The van der Waals surface area contributed by atoms with Crippen molar-refractivity contribution < 1.29 is 19.4 Å². The lowest BCUT2D eigenvalue weighted by atomic mass is 10.0. The van der Waals surface area contributed by atoms with Crippen molar-refractivity contribution in [1.29, 1.82) is 0 Å². The van der Waals surface area contributed by atoms with E-state index in [0.717, 1.165) is 6.42 Å². The van der Waals surface area contributed by atoms with Crippen LogP contribution in [0.4, 0.5) is 11.4 Å². The average Bonchev–Trinajstić information content (AvgIpc) is 2.87. The number of nitrogens with two attached hydrogens (primary N) is 1. The number of aromatic carboxylic acids is 1. The van der Waals surface area contributed by atoms with Crippen molar-refractivity contribution in [2.75, 3.05) is 37.9 Å². The van der Waals surface area contributed by atoms with E-state index in [1.807, 2.05) is 0 Å². The molecular weight excluding hydrogens is 248 g/mol. The Labute approximate surface area is 111 Å². The number of hydrogen-bond acceptors (Lipinski definition) is 5. The normalized spacial score (nSPS) is 22.4. The first kappa shape index (κ1) is 13.6. The average molecular weight is 266 g/mol. The van der Waals surface area contributed by atoms with Crippen molar-refractivity contribution in [3.8, 4) is 0 Å². The van der Waals surface area contributed by atoms with Crippen LogP contribution in [-0.2, 0) is 9.47 Å². The van der Waals surface area contributed by atoms with Gasteiger partial charge in [-0.3, -0.25) is 0 Å². The number of methoxy groups -OCH3 is 1. The van der Waals surface area contributed by atoms with Crippen LogP contribution in [0.25, 0.3) is 0 Å². The Kier molecular flexibility index (Phi) is 3.92. The molecule has 1 saturated heterocycles. The lowest BCUT2D eigenvalue weighted by molar-refractivity contribution is -0.00618. The monoisotopic (exact) mass is 266 g/mol. The number of hydrogen-bond donors (Lipinski definition) is 3. The Morgan fingerprint density at radius 3 is 3.00 bits per heavy atom. The van der Waals surface area contributed by atoms with Gasteiger partial charge in [-0.05, 0) is 12.1 Å². The molecule has 1 atom stereocenters. The minimum atomic E-state index is -1.04. The molecule has 1 aromatic rings. The zero-order valence-corrected chi connectivity index (χ0v) is 10.8. The summed E-state index contributed by atoms with van der Waals surface area (Å²) in [5.41, 5.74) is 6.40. The SMILES string of the molecule is COC1(CNc2cccc(C(=O)O)c2N)CCOC1. The number of rotatable bonds is 5. The molecule has 1 aliphatic heterocycles. The topological polar surface area (TPSA) is 93.8 Å². The molecule has 0 aliphatic carbocycles. The maximum Gasteiger partial charge on any atom is 0.337 e. The third kappa shape index (κ3) is 2.80. The van der Waals surface area contributed by atoms with Gasteiger partial charge in [0, 0.05) is 26.7 Å². The Morgan fingerprint density at radius 1 is 1.63 bits per heavy atom. The molecule has 0 radical (unpaired) electrons. The molecule has 6 nitrogen and oxygen atoms in total. The molecule has 6 heteroatoms. The van der Waals surface area contributed by atoms with Gasteiger partial charge in [0.05, 0.1) is 23.5 Å². The van der Waals surface area contributed by atoms with E-state index in [0.29, 0.717) is 25.4 Å². The van der Waals surface area contributed by atoms with E-state index in [9.17, 15) is 4.79 Å². The number of carbonyl (C=O) groups is 1. The van der Waals surface area contributed by atoms with Gasteiger partial charge in [-0.2, -0.15) is 0 Å². The quantitative estimate of drug-likeness (QED) is 0.693. The number of carboxylic acid groups (broad SMARTS) is 1. The number of carboxylic acids is 1. The van der Waals surface area contributed by atoms with Gasteiger partial charge in [-0.1, -0.05) is 6.07 Å². The fraction of sp³-hybridized carbons (Fsp3) is 0.462. The zero-order chi connectivity index (χ0) is 13.9. The van der Waals surface area contributed by atoms with Crippen molar-refractivity contribution in [3.05, 3.63) is 23.8 Å². The lowest BCUT2D eigenvalue weighted by Crippen LogP contribution is -2.39. The van der Waals surface area contributed by atoms with Crippen LogP contribution in [0, 0.1) is 0 Å². The molecule has 1 heterocycles. The van der Waals surface area contributed by atoms with Gasteiger partial charge >= 0.3 is 5.97 Å². The minimum absolute atomic E-state index is 0.0964. The Bertz CT molecular complexity index is 470. The van der Waals surface area contributed by atoms with Crippen LogP contribution in [0.2, 0.25) is 0 Å². The number of nitrogens with one attached hydrogen (secondary N) is 1. The summed E-state index contributed by atoms with van der Waals surface area (Å²) in [5, 5.41) is 12.2. The molecule has 1 fully saturated rings. The van der Waals surface area contributed by atoms with Crippen molar-refractivity contribution >= 4 is 17.3 Å². The highest BCUT2D eigenvalue weighted by Gasteiger charge is 2.34. The van der Waals surface area contributed by atoms with Crippen molar-refractivity contribution in [2.45, 2.75) is 12.0 Å². The summed E-state index contributed by atoms with van der Waals surface area (Å²) >= 11 is 0. The fourth-order valence-corrected chi connectivity index (χ4v) is 2.12. The Morgan fingerprint density at radius 2 is 2.42 bits per heavy atom. The van der Waals surface area contributed by atoms with Gasteiger partial charge in [-0.15, -0.1) is 0 Å². The first-order valence-corrected chi connectivity index (χ1v) is 6.06. The van der Waals surface area contributed by atoms with Crippen molar-refractivity contribution in [2.24, 2.45) is 0 Å². The van der Waals surface area contributed by atoms with Crippen molar-refractivity contribution in [3.63, 3.8) is 0 Å².